The van der Waals surface area contributed by atoms with Crippen molar-refractivity contribution in [2.75, 3.05) is 38.2 Å². The van der Waals surface area contributed by atoms with Crippen LogP contribution in [-0.2, 0) is 11.2 Å². The zero-order valence-electron chi connectivity index (χ0n) is 20.3. The first-order chi connectivity index (χ1) is 17.2. The van der Waals surface area contributed by atoms with Crippen molar-refractivity contribution in [1.29, 1.82) is 5.26 Å². The van der Waals surface area contributed by atoms with Gasteiger partial charge >= 0.3 is 0 Å². The predicted molar refractivity (Wildman–Crippen MR) is 137 cm³/mol. The first-order valence-corrected chi connectivity index (χ1v) is 12.6. The van der Waals surface area contributed by atoms with E-state index in [0.29, 0.717) is 17.4 Å². The van der Waals surface area contributed by atoms with Crippen LogP contribution in [0.5, 0.6) is 5.75 Å². The Morgan fingerprint density at radius 1 is 1.06 bits per heavy atom. The number of nitrogens with zero attached hydrogens (tertiary/aromatic N) is 4. The van der Waals surface area contributed by atoms with Crippen molar-refractivity contribution in [2.45, 2.75) is 32.1 Å². The fourth-order valence-corrected chi connectivity index (χ4v) is 5.62. The molecule has 1 aromatic heterocycles. The van der Waals surface area contributed by atoms with Crippen molar-refractivity contribution in [3.05, 3.63) is 65.9 Å². The molecule has 5 rings (SSSR count). The number of likely N-dealkylation sites (tertiary alicyclic amines) is 1. The normalized spacial score (nSPS) is 17.4. The van der Waals surface area contributed by atoms with Gasteiger partial charge in [0.1, 0.15) is 11.8 Å². The standard InChI is InChI=1S/C29H32N4O2/c1-35-25-7-8-26-27(18-25)31-20-24(19-30)28(26)32-15-11-23(12-16-32)29(34)33-13-9-22(10-14-33)17-21-5-3-2-4-6-21/h2-8,18,20,22-23H,9-17H2,1H3. The van der Waals surface area contributed by atoms with Gasteiger partial charge in [0.2, 0.25) is 5.91 Å². The second kappa shape index (κ2) is 10.4. The van der Waals surface area contributed by atoms with E-state index in [1.807, 2.05) is 18.2 Å². The molecule has 2 aliphatic heterocycles. The Morgan fingerprint density at radius 2 is 1.80 bits per heavy atom. The van der Waals surface area contributed by atoms with Crippen molar-refractivity contribution >= 4 is 22.5 Å². The Morgan fingerprint density at radius 3 is 2.49 bits per heavy atom. The molecule has 0 spiro atoms. The molecular formula is C29H32N4O2. The van der Waals surface area contributed by atoms with Crippen LogP contribution in [0, 0.1) is 23.2 Å². The Kier molecular flexibility index (Phi) is 6.85. The van der Waals surface area contributed by atoms with Crippen molar-refractivity contribution in [3.8, 4) is 11.8 Å². The van der Waals surface area contributed by atoms with Crippen LogP contribution >= 0.6 is 0 Å². The van der Waals surface area contributed by atoms with Crippen LogP contribution in [0.25, 0.3) is 10.9 Å². The number of nitriles is 1. The summed E-state index contributed by atoms with van der Waals surface area (Å²) in [6.45, 7) is 3.26. The summed E-state index contributed by atoms with van der Waals surface area (Å²) in [4.78, 5) is 22.1. The number of carbonyl (C=O) groups is 1. The molecule has 2 aromatic carbocycles. The molecule has 3 aromatic rings. The first kappa shape index (κ1) is 23.2. The number of fused-ring (bicyclic) bond motifs is 1. The molecule has 0 saturated carbocycles. The zero-order valence-corrected chi connectivity index (χ0v) is 20.3. The molecule has 0 unspecified atom stereocenters. The number of benzene rings is 2. The number of ether oxygens (including phenoxy) is 1. The highest BCUT2D eigenvalue weighted by Crippen LogP contribution is 2.34. The highest BCUT2D eigenvalue weighted by Gasteiger charge is 2.32. The van der Waals surface area contributed by atoms with Gasteiger partial charge in [-0.1, -0.05) is 30.3 Å². The molecule has 1 amide bonds. The van der Waals surface area contributed by atoms with E-state index in [9.17, 15) is 10.1 Å². The zero-order chi connectivity index (χ0) is 24.2. The third-order valence-electron chi connectivity index (χ3n) is 7.62. The fourth-order valence-electron chi connectivity index (χ4n) is 5.62. The summed E-state index contributed by atoms with van der Waals surface area (Å²) in [6.07, 6.45) is 6.54. The number of aromatic nitrogens is 1. The molecule has 0 radical (unpaired) electrons. The van der Waals surface area contributed by atoms with Crippen LogP contribution in [0.15, 0.2) is 54.7 Å². The van der Waals surface area contributed by atoms with E-state index in [1.165, 1.54) is 5.56 Å². The average molecular weight is 469 g/mol. The minimum absolute atomic E-state index is 0.0654. The van der Waals surface area contributed by atoms with E-state index < -0.39 is 0 Å². The van der Waals surface area contributed by atoms with Crippen LogP contribution < -0.4 is 9.64 Å². The summed E-state index contributed by atoms with van der Waals surface area (Å²) in [6, 6.07) is 18.8. The Labute approximate surface area is 207 Å². The molecule has 0 bridgehead atoms. The topological polar surface area (TPSA) is 69.5 Å². The summed E-state index contributed by atoms with van der Waals surface area (Å²) in [5.74, 6) is 1.78. The molecule has 2 fully saturated rings. The van der Waals surface area contributed by atoms with Crippen molar-refractivity contribution < 1.29 is 9.53 Å². The molecule has 180 valence electrons. The van der Waals surface area contributed by atoms with Crippen LogP contribution in [0.4, 0.5) is 5.69 Å². The molecule has 6 nitrogen and oxygen atoms in total. The largest absolute Gasteiger partial charge is 0.497 e. The third kappa shape index (κ3) is 4.95. The van der Waals surface area contributed by atoms with Crippen molar-refractivity contribution in [1.82, 2.24) is 9.88 Å². The quantitative estimate of drug-likeness (QED) is 0.537. The van der Waals surface area contributed by atoms with Gasteiger partial charge in [0.25, 0.3) is 0 Å². The fraction of sp³-hybridized carbons (Fsp3) is 0.414. The molecule has 0 aliphatic carbocycles. The van der Waals surface area contributed by atoms with E-state index in [-0.39, 0.29) is 5.92 Å². The summed E-state index contributed by atoms with van der Waals surface area (Å²) < 4.78 is 5.34. The third-order valence-corrected chi connectivity index (χ3v) is 7.62. The number of carbonyl (C=O) groups excluding carboxylic acids is 1. The van der Waals surface area contributed by atoms with E-state index in [1.54, 1.807) is 13.3 Å². The monoisotopic (exact) mass is 468 g/mol. The van der Waals surface area contributed by atoms with E-state index in [2.05, 4.69) is 51.2 Å². The van der Waals surface area contributed by atoms with Gasteiger partial charge in [-0.15, -0.1) is 0 Å². The number of hydrogen-bond donors (Lipinski definition) is 0. The molecule has 35 heavy (non-hydrogen) atoms. The molecule has 6 heteroatoms. The van der Waals surface area contributed by atoms with Gasteiger partial charge in [-0.05, 0) is 55.7 Å². The summed E-state index contributed by atoms with van der Waals surface area (Å²) >= 11 is 0. The number of pyridine rings is 1. The van der Waals surface area contributed by atoms with E-state index in [0.717, 1.165) is 80.6 Å². The molecule has 2 aliphatic rings. The maximum Gasteiger partial charge on any atom is 0.225 e. The second-order valence-corrected chi connectivity index (χ2v) is 9.74. The molecule has 0 N–H and O–H groups in total. The van der Waals surface area contributed by atoms with Gasteiger partial charge in [-0.2, -0.15) is 5.26 Å². The van der Waals surface area contributed by atoms with Crippen LogP contribution in [0.1, 0.15) is 36.8 Å². The number of rotatable bonds is 5. The lowest BCUT2D eigenvalue weighted by molar-refractivity contribution is -0.137. The maximum atomic E-state index is 13.3. The minimum atomic E-state index is 0.0654. The Balaban J connectivity index is 1.20. The smallest absolute Gasteiger partial charge is 0.225 e. The van der Waals surface area contributed by atoms with E-state index in [4.69, 9.17) is 4.74 Å². The number of hydrogen-bond acceptors (Lipinski definition) is 5. The lowest BCUT2D eigenvalue weighted by Gasteiger charge is -2.38. The van der Waals surface area contributed by atoms with Crippen LogP contribution in [0.3, 0.4) is 0 Å². The molecular weight excluding hydrogens is 436 g/mol. The van der Waals surface area contributed by atoms with Crippen molar-refractivity contribution in [3.63, 3.8) is 0 Å². The summed E-state index contributed by atoms with van der Waals surface area (Å²) in [5, 5.41) is 10.7. The number of methoxy groups -OCH3 is 1. The summed E-state index contributed by atoms with van der Waals surface area (Å²) in [5.41, 5.74) is 3.71. The Hall–Kier alpha value is -3.59. The lowest BCUT2D eigenvalue weighted by atomic mass is 9.88. The molecule has 2 saturated heterocycles. The average Bonchev–Trinajstić information content (AvgIpc) is 2.92. The second-order valence-electron chi connectivity index (χ2n) is 9.74. The van der Waals surface area contributed by atoms with Gasteiger partial charge < -0.3 is 14.5 Å². The predicted octanol–water partition coefficient (Wildman–Crippen LogP) is 4.81. The molecule has 3 heterocycles. The number of piperidine rings is 2. The van der Waals surface area contributed by atoms with Gasteiger partial charge in [0.15, 0.2) is 0 Å². The van der Waals surface area contributed by atoms with Gasteiger partial charge in [-0.25, -0.2) is 0 Å². The highest BCUT2D eigenvalue weighted by atomic mass is 16.5. The van der Waals surface area contributed by atoms with Gasteiger partial charge in [0.05, 0.1) is 23.9 Å². The van der Waals surface area contributed by atoms with Gasteiger partial charge in [-0.3, -0.25) is 9.78 Å². The minimum Gasteiger partial charge on any atom is -0.497 e. The first-order valence-electron chi connectivity index (χ1n) is 12.6. The molecule has 0 atom stereocenters. The summed E-state index contributed by atoms with van der Waals surface area (Å²) in [7, 11) is 1.64. The number of amides is 1. The SMILES string of the molecule is COc1ccc2c(N3CCC(C(=O)N4CCC(Cc5ccccc5)CC4)CC3)c(C#N)cnc2c1. The number of anilines is 1. The van der Waals surface area contributed by atoms with Crippen molar-refractivity contribution in [2.24, 2.45) is 11.8 Å². The lowest BCUT2D eigenvalue weighted by Crippen LogP contribution is -2.45. The maximum absolute atomic E-state index is 13.3. The highest BCUT2D eigenvalue weighted by molar-refractivity contribution is 5.95. The van der Waals surface area contributed by atoms with Crippen LogP contribution in [-0.4, -0.2) is 49.1 Å². The van der Waals surface area contributed by atoms with E-state index >= 15 is 0 Å². The van der Waals surface area contributed by atoms with Crippen LogP contribution in [0.2, 0.25) is 0 Å². The van der Waals surface area contributed by atoms with Gasteiger partial charge in [0, 0.05) is 49.7 Å². The Bertz CT molecular complexity index is 1220.